The number of benzene rings is 2. The van der Waals surface area contributed by atoms with Gasteiger partial charge in [-0.05, 0) is 29.7 Å². The fraction of sp³-hybridized carbons (Fsp3) is 0.250. The van der Waals surface area contributed by atoms with E-state index < -0.39 is 5.41 Å². The maximum Gasteiger partial charge on any atom is 0.0444 e. The highest BCUT2D eigenvalue weighted by atomic mass is 35.5. The molecule has 0 spiro atoms. The predicted octanol–water partition coefficient (Wildman–Crippen LogP) is 5.95. The topological polar surface area (TPSA) is 0 Å². The van der Waals surface area contributed by atoms with Crippen LogP contribution in [-0.2, 0) is 11.8 Å². The Morgan fingerprint density at radius 3 is 1.85 bits per heavy atom. The lowest BCUT2D eigenvalue weighted by molar-refractivity contribution is 0.536. The Hall–Kier alpha value is -0.400. The molecule has 0 bridgehead atoms. The van der Waals surface area contributed by atoms with E-state index in [0.29, 0.717) is 23.2 Å². The molecule has 0 aliphatic carbocycles. The van der Waals surface area contributed by atoms with E-state index in [1.54, 1.807) is 0 Å². The fourth-order valence-corrected chi connectivity index (χ4v) is 3.57. The van der Waals surface area contributed by atoms with Crippen molar-refractivity contribution in [1.29, 1.82) is 0 Å². The number of hydrogen-bond donors (Lipinski definition) is 0. The zero-order valence-electron chi connectivity index (χ0n) is 10.8. The summed E-state index contributed by atoms with van der Waals surface area (Å²) in [6, 6.07) is 15.4. The van der Waals surface area contributed by atoms with E-state index in [1.807, 2.05) is 48.5 Å². The minimum atomic E-state index is -0.424. The van der Waals surface area contributed by atoms with E-state index >= 15 is 0 Å². The summed E-state index contributed by atoms with van der Waals surface area (Å²) in [6.45, 7) is 0. The Kier molecular flexibility index (Phi) is 5.63. The van der Waals surface area contributed by atoms with Gasteiger partial charge in [0, 0.05) is 27.2 Å². The molecule has 0 unspecified atom stereocenters. The van der Waals surface area contributed by atoms with Gasteiger partial charge in [-0.15, -0.1) is 23.2 Å². The average Bonchev–Trinajstić information content (AvgIpc) is 2.48. The molecule has 0 radical (unpaired) electrons. The molecule has 0 aromatic heterocycles. The van der Waals surface area contributed by atoms with Gasteiger partial charge in [0.2, 0.25) is 0 Å². The van der Waals surface area contributed by atoms with Crippen LogP contribution < -0.4 is 0 Å². The van der Waals surface area contributed by atoms with Crippen molar-refractivity contribution in [2.45, 2.75) is 11.8 Å². The van der Waals surface area contributed by atoms with Crippen LogP contribution in [0.3, 0.4) is 0 Å². The third-order valence-corrected chi connectivity index (χ3v) is 5.16. The van der Waals surface area contributed by atoms with Crippen LogP contribution in [0.25, 0.3) is 0 Å². The van der Waals surface area contributed by atoms with Gasteiger partial charge in [0.05, 0.1) is 0 Å². The molecular weight excluding hydrogens is 334 g/mol. The van der Waals surface area contributed by atoms with E-state index in [1.165, 1.54) is 0 Å². The first-order chi connectivity index (χ1) is 9.63. The molecule has 0 aliphatic rings. The molecule has 106 valence electrons. The molecule has 2 rings (SSSR count). The van der Waals surface area contributed by atoms with Gasteiger partial charge in [0.15, 0.2) is 0 Å². The molecular formula is C16H14Cl4. The number of alkyl halides is 2. The molecule has 0 amide bonds. The minimum Gasteiger partial charge on any atom is -0.126 e. The van der Waals surface area contributed by atoms with E-state index in [-0.39, 0.29) is 0 Å². The van der Waals surface area contributed by atoms with Crippen molar-refractivity contribution in [3.05, 3.63) is 69.7 Å². The minimum absolute atomic E-state index is 0.380. The van der Waals surface area contributed by atoms with Crippen LogP contribution in [0.5, 0.6) is 0 Å². The molecule has 2 aromatic rings. The Morgan fingerprint density at radius 2 is 1.30 bits per heavy atom. The van der Waals surface area contributed by atoms with Crippen LogP contribution >= 0.6 is 46.4 Å². The Labute approximate surface area is 139 Å². The highest BCUT2D eigenvalue weighted by molar-refractivity contribution is 6.32. The summed E-state index contributed by atoms with van der Waals surface area (Å²) in [7, 11) is 0. The summed E-state index contributed by atoms with van der Waals surface area (Å²) >= 11 is 25.1. The van der Waals surface area contributed by atoms with Gasteiger partial charge in [-0.2, -0.15) is 0 Å². The molecule has 0 atom stereocenters. The number of rotatable bonds is 5. The molecule has 0 saturated heterocycles. The first kappa shape index (κ1) is 16.0. The SMILES string of the molecule is ClCC(CCl)(Cc1ccccc1Cl)c1ccccc1Cl. The maximum atomic E-state index is 6.32. The van der Waals surface area contributed by atoms with Gasteiger partial charge in [0.25, 0.3) is 0 Å². The molecule has 0 fully saturated rings. The second-order valence-corrected chi connectivity index (χ2v) is 6.14. The quantitative estimate of drug-likeness (QED) is 0.586. The second kappa shape index (κ2) is 7.04. The predicted molar refractivity (Wildman–Crippen MR) is 89.7 cm³/mol. The summed E-state index contributed by atoms with van der Waals surface area (Å²) in [5, 5.41) is 1.40. The normalized spacial score (nSPS) is 11.6. The summed E-state index contributed by atoms with van der Waals surface area (Å²) in [6.07, 6.45) is 0.656. The van der Waals surface area contributed by atoms with E-state index in [4.69, 9.17) is 46.4 Å². The zero-order chi connectivity index (χ0) is 14.6. The molecule has 4 heteroatoms. The second-order valence-electron chi connectivity index (χ2n) is 4.80. The van der Waals surface area contributed by atoms with Crippen LogP contribution in [0.2, 0.25) is 10.0 Å². The lowest BCUT2D eigenvalue weighted by Crippen LogP contribution is -2.33. The maximum absolute atomic E-state index is 6.32. The van der Waals surface area contributed by atoms with Gasteiger partial charge >= 0.3 is 0 Å². The molecule has 0 N–H and O–H groups in total. The van der Waals surface area contributed by atoms with Crippen molar-refractivity contribution in [1.82, 2.24) is 0 Å². The summed E-state index contributed by atoms with van der Waals surface area (Å²) < 4.78 is 0. The van der Waals surface area contributed by atoms with E-state index in [9.17, 15) is 0 Å². The summed E-state index contributed by atoms with van der Waals surface area (Å²) in [4.78, 5) is 0. The van der Waals surface area contributed by atoms with Crippen molar-refractivity contribution < 1.29 is 0 Å². The van der Waals surface area contributed by atoms with Crippen molar-refractivity contribution in [3.63, 3.8) is 0 Å². The van der Waals surface area contributed by atoms with Crippen LogP contribution in [0.15, 0.2) is 48.5 Å². The van der Waals surface area contributed by atoms with Gasteiger partial charge < -0.3 is 0 Å². The lowest BCUT2D eigenvalue weighted by atomic mass is 9.78. The van der Waals surface area contributed by atoms with Crippen LogP contribution in [0.1, 0.15) is 11.1 Å². The van der Waals surface area contributed by atoms with Gasteiger partial charge in [-0.25, -0.2) is 0 Å². The summed E-state index contributed by atoms with van der Waals surface area (Å²) in [5.41, 5.74) is 1.56. The van der Waals surface area contributed by atoms with Gasteiger partial charge in [0.1, 0.15) is 0 Å². The fourth-order valence-electron chi connectivity index (χ4n) is 2.27. The molecule has 0 heterocycles. The Balaban J connectivity index is 2.46. The molecule has 2 aromatic carbocycles. The molecule has 0 saturated carbocycles. The van der Waals surface area contributed by atoms with Gasteiger partial charge in [-0.1, -0.05) is 59.6 Å². The van der Waals surface area contributed by atoms with Crippen LogP contribution in [-0.4, -0.2) is 11.8 Å². The smallest absolute Gasteiger partial charge is 0.0444 e. The highest BCUT2D eigenvalue weighted by Crippen LogP contribution is 2.37. The Bertz CT molecular complexity index is 576. The third kappa shape index (κ3) is 3.26. The lowest BCUT2D eigenvalue weighted by Gasteiger charge is -2.31. The van der Waals surface area contributed by atoms with Crippen LogP contribution in [0.4, 0.5) is 0 Å². The molecule has 0 aliphatic heterocycles. The molecule has 0 nitrogen and oxygen atoms in total. The number of halogens is 4. The van der Waals surface area contributed by atoms with Crippen molar-refractivity contribution in [2.24, 2.45) is 0 Å². The largest absolute Gasteiger partial charge is 0.126 e. The first-order valence-electron chi connectivity index (χ1n) is 6.23. The third-order valence-electron chi connectivity index (χ3n) is 3.44. The summed E-state index contributed by atoms with van der Waals surface area (Å²) in [5.74, 6) is 0.761. The van der Waals surface area contributed by atoms with Crippen LogP contribution in [0, 0.1) is 0 Å². The molecule has 20 heavy (non-hydrogen) atoms. The number of hydrogen-bond acceptors (Lipinski definition) is 0. The van der Waals surface area contributed by atoms with E-state index in [0.717, 1.165) is 16.1 Å². The highest BCUT2D eigenvalue weighted by Gasteiger charge is 2.33. The standard InChI is InChI=1S/C16H14Cl4/c17-10-16(11-18,13-6-2-4-8-15(13)20)9-12-5-1-3-7-14(12)19/h1-8H,9-11H2. The van der Waals surface area contributed by atoms with Crippen molar-refractivity contribution in [3.8, 4) is 0 Å². The van der Waals surface area contributed by atoms with Crippen molar-refractivity contribution >= 4 is 46.4 Å². The monoisotopic (exact) mass is 346 g/mol. The Morgan fingerprint density at radius 1 is 0.750 bits per heavy atom. The van der Waals surface area contributed by atoms with Gasteiger partial charge in [-0.3, -0.25) is 0 Å². The van der Waals surface area contributed by atoms with E-state index in [2.05, 4.69) is 0 Å². The van der Waals surface area contributed by atoms with Crippen molar-refractivity contribution in [2.75, 3.05) is 11.8 Å². The average molecular weight is 348 g/mol. The first-order valence-corrected chi connectivity index (χ1v) is 8.06. The zero-order valence-corrected chi connectivity index (χ0v) is 13.8.